The Bertz CT molecular complexity index is 722. The number of aromatic nitrogens is 1. The maximum absolute atomic E-state index is 10.9. The molecule has 0 radical (unpaired) electrons. The van der Waals surface area contributed by atoms with Gasteiger partial charge in [0, 0.05) is 17.5 Å². The van der Waals surface area contributed by atoms with Crippen molar-refractivity contribution in [2.45, 2.75) is 13.5 Å². The molecule has 0 fully saturated rings. The summed E-state index contributed by atoms with van der Waals surface area (Å²) in [4.78, 5) is 16.8. The van der Waals surface area contributed by atoms with Gasteiger partial charge >= 0.3 is 5.97 Å². The Balaban J connectivity index is 2.32. The number of aliphatic carboxylic acids is 1. The molecule has 0 amide bonds. The number of carboxylic acid groups (broad SMARTS) is 1. The fourth-order valence-corrected chi connectivity index (χ4v) is 2.34. The zero-order chi connectivity index (χ0) is 15.4. The molecule has 0 bridgehead atoms. The fourth-order valence-electron chi connectivity index (χ4n) is 2.14. The smallest absolute Gasteiger partial charge is 0.317 e. The molecule has 0 atom stereocenters. The molecule has 0 saturated carbocycles. The van der Waals surface area contributed by atoms with Gasteiger partial charge in [0.2, 0.25) is 0 Å². The predicted molar refractivity (Wildman–Crippen MR) is 83.2 cm³/mol. The van der Waals surface area contributed by atoms with Gasteiger partial charge in [-0.15, -0.1) is 6.42 Å². The molecule has 0 spiro atoms. The van der Waals surface area contributed by atoms with E-state index in [1.165, 1.54) is 0 Å². The summed E-state index contributed by atoms with van der Waals surface area (Å²) in [5.41, 5.74) is 2.70. The highest BCUT2D eigenvalue weighted by Crippen LogP contribution is 2.22. The molecule has 0 aliphatic carbocycles. The minimum absolute atomic E-state index is 0.132. The molecule has 21 heavy (non-hydrogen) atoms. The second-order valence-corrected chi connectivity index (χ2v) is 5.24. The Kier molecular flexibility index (Phi) is 4.79. The second-order valence-electron chi connectivity index (χ2n) is 4.88. The van der Waals surface area contributed by atoms with Crippen LogP contribution in [-0.4, -0.2) is 34.0 Å². The predicted octanol–water partition coefficient (Wildman–Crippen LogP) is 2.72. The van der Waals surface area contributed by atoms with Crippen LogP contribution < -0.4 is 0 Å². The van der Waals surface area contributed by atoms with Crippen molar-refractivity contribution in [3.8, 4) is 12.3 Å². The average molecular weight is 303 g/mol. The summed E-state index contributed by atoms with van der Waals surface area (Å²) in [5.74, 6) is 1.53. The van der Waals surface area contributed by atoms with E-state index in [0.29, 0.717) is 11.7 Å². The number of aryl methyl sites for hydroxylation is 1. The first-order valence-electron chi connectivity index (χ1n) is 6.43. The van der Waals surface area contributed by atoms with Gasteiger partial charge in [-0.1, -0.05) is 29.7 Å². The first kappa shape index (κ1) is 15.3. The number of terminal acetylenes is 1. The number of carboxylic acids is 1. The number of benzene rings is 1. The molecule has 1 N–H and O–H groups in total. The van der Waals surface area contributed by atoms with Crippen molar-refractivity contribution in [3.63, 3.8) is 0 Å². The second kappa shape index (κ2) is 6.57. The summed E-state index contributed by atoms with van der Waals surface area (Å²) in [6.45, 7) is 2.46. The molecular weight excluding hydrogens is 288 g/mol. The number of pyridine rings is 1. The van der Waals surface area contributed by atoms with E-state index in [2.05, 4.69) is 10.9 Å². The zero-order valence-corrected chi connectivity index (χ0v) is 12.4. The topological polar surface area (TPSA) is 53.4 Å². The summed E-state index contributed by atoms with van der Waals surface area (Å²) >= 11 is 6.20. The monoisotopic (exact) mass is 302 g/mol. The number of carbonyl (C=O) groups is 1. The molecule has 2 rings (SSSR count). The molecule has 1 heterocycles. The summed E-state index contributed by atoms with van der Waals surface area (Å²) in [7, 11) is 0. The van der Waals surface area contributed by atoms with Crippen LogP contribution in [-0.2, 0) is 11.3 Å². The minimum Gasteiger partial charge on any atom is -0.480 e. The van der Waals surface area contributed by atoms with Gasteiger partial charge in [0.1, 0.15) is 5.15 Å². The zero-order valence-electron chi connectivity index (χ0n) is 11.6. The first-order valence-corrected chi connectivity index (χ1v) is 6.81. The van der Waals surface area contributed by atoms with Gasteiger partial charge in [-0.2, -0.15) is 0 Å². The lowest BCUT2D eigenvalue weighted by atomic mass is 10.1. The van der Waals surface area contributed by atoms with Crippen molar-refractivity contribution in [1.82, 2.24) is 9.88 Å². The highest BCUT2D eigenvalue weighted by Gasteiger charge is 2.13. The lowest BCUT2D eigenvalue weighted by Crippen LogP contribution is -2.29. The quantitative estimate of drug-likeness (QED) is 0.681. The van der Waals surface area contributed by atoms with Gasteiger partial charge in [-0.05, 0) is 24.6 Å². The number of halogens is 1. The minimum atomic E-state index is -0.925. The average Bonchev–Trinajstić information content (AvgIpc) is 2.39. The van der Waals surface area contributed by atoms with E-state index >= 15 is 0 Å². The number of rotatable bonds is 5. The van der Waals surface area contributed by atoms with Crippen molar-refractivity contribution < 1.29 is 9.90 Å². The number of hydrogen-bond acceptors (Lipinski definition) is 3. The van der Waals surface area contributed by atoms with E-state index in [9.17, 15) is 4.79 Å². The molecule has 5 heteroatoms. The molecule has 0 aliphatic rings. The lowest BCUT2D eigenvalue weighted by molar-refractivity contribution is -0.138. The summed E-state index contributed by atoms with van der Waals surface area (Å²) in [6, 6.07) is 7.86. The van der Waals surface area contributed by atoms with E-state index in [1.807, 2.05) is 31.2 Å². The van der Waals surface area contributed by atoms with E-state index in [1.54, 1.807) is 4.90 Å². The molecular formula is C16H15ClN2O2. The van der Waals surface area contributed by atoms with E-state index in [-0.39, 0.29) is 13.1 Å². The Morgan fingerprint density at radius 1 is 1.48 bits per heavy atom. The number of nitrogens with zero attached hydrogens (tertiary/aromatic N) is 2. The van der Waals surface area contributed by atoms with Crippen LogP contribution in [0.5, 0.6) is 0 Å². The van der Waals surface area contributed by atoms with Gasteiger partial charge in [-0.25, -0.2) is 4.98 Å². The molecule has 0 unspecified atom stereocenters. The van der Waals surface area contributed by atoms with Crippen LogP contribution >= 0.6 is 11.6 Å². The molecule has 1 aromatic heterocycles. The maximum Gasteiger partial charge on any atom is 0.317 e. The Morgan fingerprint density at radius 2 is 2.24 bits per heavy atom. The highest BCUT2D eigenvalue weighted by atomic mass is 35.5. The molecule has 0 saturated heterocycles. The summed E-state index contributed by atoms with van der Waals surface area (Å²) in [6.07, 6.45) is 5.27. The number of hydrogen-bond donors (Lipinski definition) is 1. The van der Waals surface area contributed by atoms with Crippen LogP contribution in [0.1, 0.15) is 11.1 Å². The van der Waals surface area contributed by atoms with Crippen LogP contribution in [0.3, 0.4) is 0 Å². The lowest BCUT2D eigenvalue weighted by Gasteiger charge is -2.18. The Hall–Kier alpha value is -2.09. The molecule has 4 nitrogen and oxygen atoms in total. The first-order chi connectivity index (χ1) is 9.99. The standard InChI is InChI=1S/C16H15ClN2O2/c1-3-6-19(10-15(20)21)9-13-8-12-5-4-11(2)7-14(12)18-16(13)17/h1,4-5,7-8H,6,9-10H2,2H3,(H,20,21). The summed E-state index contributed by atoms with van der Waals surface area (Å²) < 4.78 is 0. The van der Waals surface area contributed by atoms with Crippen molar-refractivity contribution in [3.05, 3.63) is 40.5 Å². The molecule has 1 aromatic carbocycles. The van der Waals surface area contributed by atoms with Crippen LogP contribution in [0.15, 0.2) is 24.3 Å². The van der Waals surface area contributed by atoms with E-state index < -0.39 is 5.97 Å². The highest BCUT2D eigenvalue weighted by molar-refractivity contribution is 6.30. The van der Waals surface area contributed by atoms with Crippen LogP contribution in [0.4, 0.5) is 0 Å². The molecule has 2 aromatic rings. The van der Waals surface area contributed by atoms with Crippen molar-refractivity contribution in [2.24, 2.45) is 0 Å². The Labute approximate surface area is 128 Å². The maximum atomic E-state index is 10.9. The number of fused-ring (bicyclic) bond motifs is 1. The largest absolute Gasteiger partial charge is 0.480 e. The van der Waals surface area contributed by atoms with Crippen LogP contribution in [0.25, 0.3) is 10.9 Å². The van der Waals surface area contributed by atoms with Crippen molar-refractivity contribution >= 4 is 28.5 Å². The van der Waals surface area contributed by atoms with Crippen molar-refractivity contribution in [2.75, 3.05) is 13.1 Å². The van der Waals surface area contributed by atoms with Gasteiger partial charge in [0.25, 0.3) is 0 Å². The normalized spacial score (nSPS) is 10.8. The molecule has 0 aliphatic heterocycles. The Morgan fingerprint density at radius 3 is 2.90 bits per heavy atom. The van der Waals surface area contributed by atoms with E-state index in [0.717, 1.165) is 22.0 Å². The fraction of sp³-hybridized carbons (Fsp3) is 0.250. The van der Waals surface area contributed by atoms with Crippen LogP contribution in [0, 0.1) is 19.3 Å². The SMILES string of the molecule is C#CCN(CC(=O)O)Cc1cc2ccc(C)cc2nc1Cl. The van der Waals surface area contributed by atoms with Gasteiger partial charge in [0.05, 0.1) is 18.6 Å². The molecule has 108 valence electrons. The van der Waals surface area contributed by atoms with Gasteiger partial charge in [-0.3, -0.25) is 9.69 Å². The van der Waals surface area contributed by atoms with Crippen molar-refractivity contribution in [1.29, 1.82) is 0 Å². The third kappa shape index (κ3) is 3.94. The third-order valence-electron chi connectivity index (χ3n) is 3.07. The summed E-state index contributed by atoms with van der Waals surface area (Å²) in [5, 5.41) is 10.2. The van der Waals surface area contributed by atoms with Gasteiger partial charge in [0.15, 0.2) is 0 Å². The van der Waals surface area contributed by atoms with Gasteiger partial charge < -0.3 is 5.11 Å². The van der Waals surface area contributed by atoms with E-state index in [4.69, 9.17) is 23.1 Å². The third-order valence-corrected chi connectivity index (χ3v) is 3.39. The van der Waals surface area contributed by atoms with Crippen LogP contribution in [0.2, 0.25) is 5.15 Å².